The summed E-state index contributed by atoms with van der Waals surface area (Å²) in [4.78, 5) is 23.6. The minimum absolute atomic E-state index is 0.0304. The van der Waals surface area contributed by atoms with Gasteiger partial charge in [0.05, 0.1) is 19.4 Å². The maximum atomic E-state index is 11.8. The number of amides is 2. The van der Waals surface area contributed by atoms with Gasteiger partial charge < -0.3 is 19.5 Å². The molecule has 1 heterocycles. The van der Waals surface area contributed by atoms with E-state index in [2.05, 4.69) is 31.8 Å². The van der Waals surface area contributed by atoms with Crippen molar-refractivity contribution in [1.29, 1.82) is 0 Å². The third-order valence-electron chi connectivity index (χ3n) is 4.60. The summed E-state index contributed by atoms with van der Waals surface area (Å²) in [5.41, 5.74) is 3.91. The molecule has 2 N–H and O–H groups in total. The SMILES string of the molecule is COc1cc(/C=N\NC(=O)C(=O)NC[C@H]2CCCO2)ccc1OCc1ccc(Br)cc1. The van der Waals surface area contributed by atoms with Gasteiger partial charge in [-0.15, -0.1) is 0 Å². The van der Waals surface area contributed by atoms with Gasteiger partial charge in [0.15, 0.2) is 11.5 Å². The van der Waals surface area contributed by atoms with Gasteiger partial charge in [-0.2, -0.15) is 5.10 Å². The Morgan fingerprint density at radius 2 is 2.00 bits per heavy atom. The number of carbonyl (C=O) groups is 2. The third kappa shape index (κ3) is 7.08. The van der Waals surface area contributed by atoms with Crippen LogP contribution in [0.15, 0.2) is 52.0 Å². The van der Waals surface area contributed by atoms with Crippen LogP contribution >= 0.6 is 15.9 Å². The number of nitrogens with zero attached hydrogens (tertiary/aromatic N) is 1. The number of ether oxygens (including phenoxy) is 3. The van der Waals surface area contributed by atoms with Crippen molar-refractivity contribution in [2.24, 2.45) is 5.10 Å². The number of hydrogen-bond donors (Lipinski definition) is 2. The first-order valence-corrected chi connectivity index (χ1v) is 10.6. The lowest BCUT2D eigenvalue weighted by atomic mass is 10.2. The van der Waals surface area contributed by atoms with Crippen LogP contribution in [0.5, 0.6) is 11.5 Å². The molecule has 0 aliphatic carbocycles. The summed E-state index contributed by atoms with van der Waals surface area (Å²) in [5, 5.41) is 6.37. The van der Waals surface area contributed by atoms with E-state index in [-0.39, 0.29) is 6.10 Å². The lowest BCUT2D eigenvalue weighted by Crippen LogP contribution is -2.41. The molecule has 0 spiro atoms. The predicted molar refractivity (Wildman–Crippen MR) is 119 cm³/mol. The van der Waals surface area contributed by atoms with Crippen molar-refractivity contribution in [3.05, 3.63) is 58.1 Å². The van der Waals surface area contributed by atoms with Gasteiger partial charge in [0.25, 0.3) is 0 Å². The van der Waals surface area contributed by atoms with Crippen LogP contribution in [-0.4, -0.2) is 44.4 Å². The van der Waals surface area contributed by atoms with E-state index in [0.717, 1.165) is 22.9 Å². The highest BCUT2D eigenvalue weighted by atomic mass is 79.9. The van der Waals surface area contributed by atoms with E-state index in [1.165, 1.54) is 6.21 Å². The number of halogens is 1. The Morgan fingerprint density at radius 3 is 2.71 bits per heavy atom. The zero-order valence-corrected chi connectivity index (χ0v) is 18.7. The van der Waals surface area contributed by atoms with E-state index in [9.17, 15) is 9.59 Å². The summed E-state index contributed by atoms with van der Waals surface area (Å²) in [5.74, 6) is -0.473. The molecule has 1 fully saturated rings. The topological polar surface area (TPSA) is 98.2 Å². The van der Waals surface area contributed by atoms with Crippen LogP contribution in [0.1, 0.15) is 24.0 Å². The summed E-state index contributed by atoms with van der Waals surface area (Å²) in [6.07, 6.45) is 3.24. The Balaban J connectivity index is 1.50. The zero-order chi connectivity index (χ0) is 22.1. The molecule has 31 heavy (non-hydrogen) atoms. The van der Waals surface area contributed by atoms with Crippen LogP contribution in [0.3, 0.4) is 0 Å². The van der Waals surface area contributed by atoms with Crippen molar-refractivity contribution in [3.63, 3.8) is 0 Å². The molecule has 0 radical (unpaired) electrons. The summed E-state index contributed by atoms with van der Waals surface area (Å²) < 4.78 is 17.6. The summed E-state index contributed by atoms with van der Waals surface area (Å²) in [7, 11) is 1.54. The van der Waals surface area contributed by atoms with Gasteiger partial charge in [-0.1, -0.05) is 28.1 Å². The van der Waals surface area contributed by atoms with Crippen LogP contribution in [-0.2, 0) is 20.9 Å². The molecule has 0 bridgehead atoms. The van der Waals surface area contributed by atoms with Crippen molar-refractivity contribution in [2.45, 2.75) is 25.6 Å². The lowest BCUT2D eigenvalue weighted by Gasteiger charge is -2.11. The lowest BCUT2D eigenvalue weighted by molar-refractivity contribution is -0.139. The second-order valence-electron chi connectivity index (χ2n) is 6.87. The molecular formula is C22H24BrN3O5. The molecule has 3 rings (SSSR count). The molecule has 164 valence electrons. The molecule has 1 atom stereocenters. The van der Waals surface area contributed by atoms with Gasteiger partial charge in [0.1, 0.15) is 6.61 Å². The normalized spacial score (nSPS) is 15.6. The molecule has 2 aromatic carbocycles. The average Bonchev–Trinajstić information content (AvgIpc) is 3.31. The summed E-state index contributed by atoms with van der Waals surface area (Å²) in [6, 6.07) is 13.1. The minimum Gasteiger partial charge on any atom is -0.493 e. The first kappa shape index (κ1) is 22.8. The Kier molecular flexibility index (Phi) is 8.43. The molecular weight excluding hydrogens is 466 g/mol. The fourth-order valence-electron chi connectivity index (χ4n) is 2.93. The quantitative estimate of drug-likeness (QED) is 0.337. The van der Waals surface area contributed by atoms with Crippen LogP contribution in [0.25, 0.3) is 0 Å². The van der Waals surface area contributed by atoms with Crippen molar-refractivity contribution in [2.75, 3.05) is 20.3 Å². The number of rotatable bonds is 8. The fourth-order valence-corrected chi connectivity index (χ4v) is 3.20. The molecule has 1 aliphatic heterocycles. The van der Waals surface area contributed by atoms with Crippen molar-refractivity contribution in [3.8, 4) is 11.5 Å². The number of hydrogen-bond acceptors (Lipinski definition) is 6. The maximum Gasteiger partial charge on any atom is 0.329 e. The number of nitrogens with one attached hydrogen (secondary N) is 2. The molecule has 2 aromatic rings. The number of benzene rings is 2. The van der Waals surface area contributed by atoms with E-state index < -0.39 is 11.8 Å². The average molecular weight is 490 g/mol. The highest BCUT2D eigenvalue weighted by Crippen LogP contribution is 2.28. The number of hydrazone groups is 1. The second-order valence-corrected chi connectivity index (χ2v) is 7.79. The van der Waals surface area contributed by atoms with Crippen LogP contribution in [0.4, 0.5) is 0 Å². The summed E-state index contributed by atoms with van der Waals surface area (Å²) in [6.45, 7) is 1.40. The highest BCUT2D eigenvalue weighted by Gasteiger charge is 2.19. The monoisotopic (exact) mass is 489 g/mol. The number of methoxy groups -OCH3 is 1. The Bertz CT molecular complexity index is 927. The zero-order valence-electron chi connectivity index (χ0n) is 17.1. The summed E-state index contributed by atoms with van der Waals surface area (Å²) >= 11 is 3.40. The smallest absolute Gasteiger partial charge is 0.329 e. The van der Waals surface area contributed by atoms with Crippen LogP contribution < -0.4 is 20.2 Å². The van der Waals surface area contributed by atoms with Crippen LogP contribution in [0, 0.1) is 0 Å². The van der Waals surface area contributed by atoms with Gasteiger partial charge in [-0.25, -0.2) is 5.43 Å². The molecule has 8 nitrogen and oxygen atoms in total. The highest BCUT2D eigenvalue weighted by molar-refractivity contribution is 9.10. The van der Waals surface area contributed by atoms with Crippen molar-refractivity contribution in [1.82, 2.24) is 10.7 Å². The standard InChI is InChI=1S/C22H24BrN3O5/c1-29-20-11-16(6-9-19(20)31-14-15-4-7-17(23)8-5-15)12-25-26-22(28)21(27)24-13-18-3-2-10-30-18/h4-9,11-12,18H,2-3,10,13-14H2,1H3,(H,24,27)(H,26,28)/b25-12-/t18-/m1/s1. The van der Waals surface area contributed by atoms with Crippen LogP contribution in [0.2, 0.25) is 0 Å². The van der Waals surface area contributed by atoms with Gasteiger partial charge in [-0.05, 0) is 54.3 Å². The first-order chi connectivity index (χ1) is 15.0. The molecule has 0 saturated carbocycles. The van der Waals surface area contributed by atoms with Gasteiger partial charge in [-0.3, -0.25) is 9.59 Å². The second kappa shape index (κ2) is 11.5. The van der Waals surface area contributed by atoms with E-state index in [1.807, 2.05) is 24.3 Å². The van der Waals surface area contributed by atoms with E-state index in [1.54, 1.807) is 25.3 Å². The van der Waals surface area contributed by atoms with Gasteiger partial charge in [0, 0.05) is 17.6 Å². The largest absolute Gasteiger partial charge is 0.493 e. The molecule has 1 saturated heterocycles. The third-order valence-corrected chi connectivity index (χ3v) is 5.12. The molecule has 1 aliphatic rings. The molecule has 2 amide bonds. The molecule has 9 heteroatoms. The van der Waals surface area contributed by atoms with E-state index in [0.29, 0.717) is 36.8 Å². The maximum absolute atomic E-state index is 11.8. The number of carbonyl (C=O) groups excluding carboxylic acids is 2. The van der Waals surface area contributed by atoms with Gasteiger partial charge >= 0.3 is 11.8 Å². The van der Waals surface area contributed by atoms with Gasteiger partial charge in [0.2, 0.25) is 0 Å². The Morgan fingerprint density at radius 1 is 1.19 bits per heavy atom. The predicted octanol–water partition coefficient (Wildman–Crippen LogP) is 2.78. The molecule has 0 unspecified atom stereocenters. The molecule has 0 aromatic heterocycles. The van der Waals surface area contributed by atoms with Crippen molar-refractivity contribution >= 4 is 34.0 Å². The van der Waals surface area contributed by atoms with E-state index in [4.69, 9.17) is 14.2 Å². The van der Waals surface area contributed by atoms with E-state index >= 15 is 0 Å². The minimum atomic E-state index is -0.837. The fraction of sp³-hybridized carbons (Fsp3) is 0.318. The Hall–Kier alpha value is -2.91. The Labute approximate surface area is 189 Å². The van der Waals surface area contributed by atoms with Crippen molar-refractivity contribution < 1.29 is 23.8 Å². The first-order valence-electron chi connectivity index (χ1n) is 9.83.